The highest BCUT2D eigenvalue weighted by molar-refractivity contribution is 6.13. The lowest BCUT2D eigenvalue weighted by atomic mass is 9.75. The van der Waals surface area contributed by atoms with Gasteiger partial charge in [-0.1, -0.05) is 118 Å². The molecule has 7 aromatic carbocycles. The van der Waals surface area contributed by atoms with Crippen LogP contribution in [0, 0.1) is 0 Å². The molecular formula is C45H34N2. The fraction of sp³-hybridized carbons (Fsp3) is 0.111. The average molecular weight is 603 g/mol. The van der Waals surface area contributed by atoms with Crippen molar-refractivity contribution in [2.24, 2.45) is 0 Å². The maximum Gasteiger partial charge on any atom is 0.0582 e. The molecule has 1 aliphatic heterocycles. The highest BCUT2D eigenvalue weighted by Gasteiger charge is 2.35. The van der Waals surface area contributed by atoms with E-state index < -0.39 is 0 Å². The van der Waals surface area contributed by atoms with Crippen LogP contribution in [0.1, 0.15) is 48.9 Å². The van der Waals surface area contributed by atoms with Gasteiger partial charge in [-0.15, -0.1) is 0 Å². The smallest absolute Gasteiger partial charge is 0.0582 e. The number of hydrogen-bond acceptors (Lipinski definition) is 1. The van der Waals surface area contributed by atoms with Crippen molar-refractivity contribution >= 4 is 49.6 Å². The first-order chi connectivity index (χ1) is 23.0. The standard InChI is InChI=1S/C45H34N2/c1-28-34-13-6-7-14-35(34)36-23-21-32(26-38(28)36)46(31-20-19-29-11-4-5-12-30(29)25-31)33-22-24-42-39(27-33)37-15-10-17-41-44(37)47(42)43-18-9-8-16-40(43)45(41,2)3/h4-28H,1-3H3. The topological polar surface area (TPSA) is 8.17 Å². The van der Waals surface area contributed by atoms with E-state index in [0.717, 1.165) is 11.4 Å². The van der Waals surface area contributed by atoms with Crippen LogP contribution >= 0.6 is 0 Å². The summed E-state index contributed by atoms with van der Waals surface area (Å²) in [7, 11) is 0. The summed E-state index contributed by atoms with van der Waals surface area (Å²) < 4.78 is 2.50. The highest BCUT2D eigenvalue weighted by Crippen LogP contribution is 2.50. The molecule has 1 unspecified atom stereocenters. The Kier molecular flexibility index (Phi) is 5.36. The molecule has 1 aromatic heterocycles. The van der Waals surface area contributed by atoms with Gasteiger partial charge in [0.2, 0.25) is 0 Å². The summed E-state index contributed by atoms with van der Waals surface area (Å²) in [6.07, 6.45) is 0. The van der Waals surface area contributed by atoms with E-state index in [2.05, 4.69) is 176 Å². The number of para-hydroxylation sites is 2. The predicted octanol–water partition coefficient (Wildman–Crippen LogP) is 12.2. The van der Waals surface area contributed by atoms with E-state index in [1.807, 2.05) is 0 Å². The minimum Gasteiger partial charge on any atom is -0.310 e. The van der Waals surface area contributed by atoms with Gasteiger partial charge >= 0.3 is 0 Å². The van der Waals surface area contributed by atoms with Gasteiger partial charge in [-0.3, -0.25) is 0 Å². The van der Waals surface area contributed by atoms with Crippen molar-refractivity contribution in [1.82, 2.24) is 4.57 Å². The molecule has 0 radical (unpaired) electrons. The lowest BCUT2D eigenvalue weighted by molar-refractivity contribution is 0.630. The molecule has 224 valence electrons. The molecule has 8 aromatic rings. The van der Waals surface area contributed by atoms with Crippen LogP contribution in [0.15, 0.2) is 146 Å². The minimum absolute atomic E-state index is 0.0842. The number of rotatable bonds is 3. The Bertz CT molecular complexity index is 2580. The summed E-state index contributed by atoms with van der Waals surface area (Å²) >= 11 is 0. The van der Waals surface area contributed by atoms with Crippen LogP contribution in [-0.4, -0.2) is 4.57 Å². The minimum atomic E-state index is -0.0842. The molecule has 0 amide bonds. The van der Waals surface area contributed by atoms with Crippen molar-refractivity contribution in [3.8, 4) is 16.8 Å². The molecule has 47 heavy (non-hydrogen) atoms. The number of hydrogen-bond donors (Lipinski definition) is 0. The van der Waals surface area contributed by atoms with Crippen molar-refractivity contribution in [2.45, 2.75) is 32.1 Å². The molecule has 2 nitrogen and oxygen atoms in total. The Morgan fingerprint density at radius 3 is 2.13 bits per heavy atom. The monoisotopic (exact) mass is 602 g/mol. The zero-order chi connectivity index (χ0) is 31.4. The van der Waals surface area contributed by atoms with Gasteiger partial charge in [0.1, 0.15) is 0 Å². The zero-order valence-electron chi connectivity index (χ0n) is 26.8. The molecule has 0 saturated heterocycles. The van der Waals surface area contributed by atoms with E-state index in [-0.39, 0.29) is 5.41 Å². The van der Waals surface area contributed by atoms with Crippen LogP contribution in [0.3, 0.4) is 0 Å². The number of anilines is 3. The molecule has 2 heterocycles. The summed E-state index contributed by atoms with van der Waals surface area (Å²) in [5, 5.41) is 5.07. The molecule has 0 N–H and O–H groups in total. The molecule has 2 heteroatoms. The number of nitrogens with zero attached hydrogens (tertiary/aromatic N) is 2. The summed E-state index contributed by atoms with van der Waals surface area (Å²) in [6, 6.07) is 54.3. The van der Waals surface area contributed by atoms with Crippen molar-refractivity contribution < 1.29 is 0 Å². The van der Waals surface area contributed by atoms with Gasteiger partial charge in [0, 0.05) is 39.2 Å². The lowest BCUT2D eigenvalue weighted by Gasteiger charge is -2.34. The zero-order valence-corrected chi connectivity index (χ0v) is 26.8. The van der Waals surface area contributed by atoms with Gasteiger partial charge in [-0.25, -0.2) is 0 Å². The first-order valence-corrected chi connectivity index (χ1v) is 16.7. The van der Waals surface area contributed by atoms with Gasteiger partial charge in [0.15, 0.2) is 0 Å². The first kappa shape index (κ1) is 26.6. The van der Waals surface area contributed by atoms with Crippen LogP contribution in [0.4, 0.5) is 17.1 Å². The van der Waals surface area contributed by atoms with E-state index in [1.54, 1.807) is 0 Å². The average Bonchev–Trinajstić information content (AvgIpc) is 3.59. The third-order valence-corrected chi connectivity index (χ3v) is 11.0. The quantitative estimate of drug-likeness (QED) is 0.195. The van der Waals surface area contributed by atoms with Crippen molar-refractivity contribution in [1.29, 1.82) is 0 Å². The molecule has 1 atom stereocenters. The fourth-order valence-electron chi connectivity index (χ4n) is 8.64. The molecule has 0 fully saturated rings. The molecule has 0 bridgehead atoms. The fourth-order valence-corrected chi connectivity index (χ4v) is 8.64. The normalized spacial score (nSPS) is 15.5. The second-order valence-electron chi connectivity index (χ2n) is 13.8. The molecule has 2 aliphatic rings. The molecular weight excluding hydrogens is 569 g/mol. The van der Waals surface area contributed by atoms with Crippen LogP contribution in [0.5, 0.6) is 0 Å². The van der Waals surface area contributed by atoms with Crippen LogP contribution in [-0.2, 0) is 5.41 Å². The third kappa shape index (κ3) is 3.61. The number of aromatic nitrogens is 1. The van der Waals surface area contributed by atoms with Crippen LogP contribution in [0.2, 0.25) is 0 Å². The van der Waals surface area contributed by atoms with E-state index in [0.29, 0.717) is 5.92 Å². The Labute approximate surface area is 275 Å². The molecule has 1 aliphatic carbocycles. The maximum atomic E-state index is 2.50. The Balaban J connectivity index is 1.23. The van der Waals surface area contributed by atoms with Crippen molar-refractivity contribution in [3.05, 3.63) is 168 Å². The van der Waals surface area contributed by atoms with E-state index in [4.69, 9.17) is 0 Å². The predicted molar refractivity (Wildman–Crippen MR) is 198 cm³/mol. The van der Waals surface area contributed by atoms with Gasteiger partial charge in [0.25, 0.3) is 0 Å². The van der Waals surface area contributed by atoms with Gasteiger partial charge in [-0.2, -0.15) is 0 Å². The van der Waals surface area contributed by atoms with Crippen molar-refractivity contribution in [3.63, 3.8) is 0 Å². The molecule has 10 rings (SSSR count). The van der Waals surface area contributed by atoms with Crippen LogP contribution in [0.25, 0.3) is 49.4 Å². The maximum absolute atomic E-state index is 2.50. The summed E-state index contributed by atoms with van der Waals surface area (Å²) in [4.78, 5) is 2.45. The highest BCUT2D eigenvalue weighted by atomic mass is 15.1. The SMILES string of the molecule is CC1c2ccccc2-c2ccc(N(c3ccc4ccccc4c3)c3ccc4c(c3)c3cccc5c3n4-c3ccccc3C5(C)C)cc21. The summed E-state index contributed by atoms with van der Waals surface area (Å²) in [5.41, 5.74) is 15.5. The number of benzene rings is 7. The second-order valence-corrected chi connectivity index (χ2v) is 13.8. The lowest BCUT2D eigenvalue weighted by Crippen LogP contribution is -2.26. The van der Waals surface area contributed by atoms with Gasteiger partial charge in [-0.05, 0) is 92.7 Å². The van der Waals surface area contributed by atoms with Gasteiger partial charge in [0.05, 0.1) is 16.7 Å². The summed E-state index contributed by atoms with van der Waals surface area (Å²) in [6.45, 7) is 7.07. The largest absolute Gasteiger partial charge is 0.310 e. The Hall–Kier alpha value is -5.60. The summed E-state index contributed by atoms with van der Waals surface area (Å²) in [5.74, 6) is 0.350. The van der Waals surface area contributed by atoms with Gasteiger partial charge < -0.3 is 9.47 Å². The Morgan fingerprint density at radius 1 is 0.532 bits per heavy atom. The van der Waals surface area contributed by atoms with E-state index in [9.17, 15) is 0 Å². The van der Waals surface area contributed by atoms with Crippen molar-refractivity contribution in [2.75, 3.05) is 4.90 Å². The molecule has 0 spiro atoms. The number of fused-ring (bicyclic) bond motifs is 9. The van der Waals surface area contributed by atoms with Crippen LogP contribution < -0.4 is 4.90 Å². The molecule has 0 saturated carbocycles. The second kappa shape index (κ2) is 9.47. The van der Waals surface area contributed by atoms with E-state index >= 15 is 0 Å². The first-order valence-electron chi connectivity index (χ1n) is 16.7. The van der Waals surface area contributed by atoms with E-state index in [1.165, 1.54) is 77.3 Å². The third-order valence-electron chi connectivity index (χ3n) is 11.0. The Morgan fingerprint density at radius 2 is 1.21 bits per heavy atom.